The summed E-state index contributed by atoms with van der Waals surface area (Å²) in [4.78, 5) is 5.06. The zero-order valence-electron chi connectivity index (χ0n) is 21.8. The summed E-state index contributed by atoms with van der Waals surface area (Å²) in [5.41, 5.74) is 4.43. The van der Waals surface area contributed by atoms with E-state index in [0.29, 0.717) is 0 Å². The molecule has 0 aliphatic rings. The van der Waals surface area contributed by atoms with Gasteiger partial charge in [0.2, 0.25) is 0 Å². The zero-order valence-corrected chi connectivity index (χ0v) is 23.5. The van der Waals surface area contributed by atoms with Crippen molar-refractivity contribution in [2.45, 2.75) is 0 Å². The number of benzene rings is 6. The van der Waals surface area contributed by atoms with Crippen molar-refractivity contribution in [2.75, 3.05) is 0 Å². The van der Waals surface area contributed by atoms with Gasteiger partial charge in [0.25, 0.3) is 0 Å². The van der Waals surface area contributed by atoms with Crippen molar-refractivity contribution >= 4 is 55.3 Å². The highest BCUT2D eigenvalue weighted by Gasteiger charge is 2.24. The third-order valence-corrected chi connectivity index (χ3v) is 12.6. The molecule has 0 radical (unpaired) electrons. The van der Waals surface area contributed by atoms with Gasteiger partial charge in [-0.1, -0.05) is 163 Å². The molecule has 0 fully saturated rings. The Morgan fingerprint density at radius 3 is 1.62 bits per heavy atom. The molecule has 3 heteroatoms. The molecule has 0 unspecified atom stereocenters. The van der Waals surface area contributed by atoms with E-state index in [1.807, 2.05) is 6.20 Å². The monoisotopic (exact) mass is 547 g/mol. The van der Waals surface area contributed by atoms with Crippen LogP contribution in [-0.4, -0.2) is 4.98 Å². The highest BCUT2D eigenvalue weighted by molar-refractivity contribution is 8.25. The summed E-state index contributed by atoms with van der Waals surface area (Å²) < 4.78 is 0. The number of pyridine rings is 1. The Hall–Kier alpha value is -4.36. The zero-order chi connectivity index (χ0) is 26.9. The van der Waals surface area contributed by atoms with Gasteiger partial charge in [0.15, 0.2) is 0 Å². The maximum Gasteiger partial charge on any atom is 0.0786 e. The Labute approximate surface area is 239 Å². The molecular formula is C37H26NPS. The molecule has 0 aliphatic carbocycles. The van der Waals surface area contributed by atoms with Crippen LogP contribution in [0.1, 0.15) is 0 Å². The smallest absolute Gasteiger partial charge is 0.0786 e. The average molecular weight is 548 g/mol. The maximum absolute atomic E-state index is 6.55. The molecule has 0 amide bonds. The van der Waals surface area contributed by atoms with Crippen molar-refractivity contribution in [1.29, 1.82) is 0 Å². The highest BCUT2D eigenvalue weighted by Crippen LogP contribution is 2.43. The lowest BCUT2D eigenvalue weighted by Gasteiger charge is -2.24. The van der Waals surface area contributed by atoms with Gasteiger partial charge in [0.05, 0.1) is 5.69 Å². The summed E-state index contributed by atoms with van der Waals surface area (Å²) in [7, 11) is 0. The van der Waals surface area contributed by atoms with Crippen LogP contribution in [0.5, 0.6) is 0 Å². The third-order valence-electron chi connectivity index (χ3n) is 7.62. The number of aromatic nitrogens is 1. The normalized spacial score (nSPS) is 11.6. The number of hydrogen-bond donors (Lipinski definition) is 0. The molecule has 40 heavy (non-hydrogen) atoms. The van der Waals surface area contributed by atoms with Gasteiger partial charge in [-0.2, -0.15) is 0 Å². The fraction of sp³-hybridized carbons (Fsp3) is 0. The van der Waals surface area contributed by atoms with Crippen molar-refractivity contribution in [3.8, 4) is 22.4 Å². The maximum atomic E-state index is 6.55. The lowest BCUT2D eigenvalue weighted by Crippen LogP contribution is -2.24. The molecular weight excluding hydrogens is 521 g/mol. The Morgan fingerprint density at radius 1 is 0.425 bits per heavy atom. The standard InChI is InChI=1S/C37H26NPS/c40-39(29-14-3-1-4-15-29,30-16-5-2-6-17-30)31-24-22-28(23-25-31)36-26-38-37(35-20-10-9-19-33(35)36)34-21-11-13-27-12-7-8-18-32(27)34/h1-26H. The molecule has 7 aromatic rings. The van der Waals surface area contributed by atoms with Crippen LogP contribution in [0.25, 0.3) is 43.9 Å². The molecule has 0 N–H and O–H groups in total. The number of hydrogen-bond acceptors (Lipinski definition) is 2. The van der Waals surface area contributed by atoms with Gasteiger partial charge >= 0.3 is 0 Å². The molecule has 0 atom stereocenters. The molecule has 7 rings (SSSR count). The molecule has 0 spiro atoms. The van der Waals surface area contributed by atoms with Crippen molar-refractivity contribution in [3.63, 3.8) is 0 Å². The first-order valence-electron chi connectivity index (χ1n) is 13.4. The molecule has 1 heterocycles. The van der Waals surface area contributed by atoms with Crippen LogP contribution in [0, 0.1) is 0 Å². The van der Waals surface area contributed by atoms with E-state index in [1.165, 1.54) is 32.1 Å². The van der Waals surface area contributed by atoms with Crippen LogP contribution in [0.4, 0.5) is 0 Å². The van der Waals surface area contributed by atoms with Crippen LogP contribution in [-0.2, 0) is 11.8 Å². The topological polar surface area (TPSA) is 12.9 Å². The molecule has 6 aromatic carbocycles. The van der Waals surface area contributed by atoms with Crippen LogP contribution >= 0.6 is 6.04 Å². The minimum Gasteiger partial charge on any atom is -0.255 e. The fourth-order valence-corrected chi connectivity index (χ4v) is 9.39. The largest absolute Gasteiger partial charge is 0.255 e. The van der Waals surface area contributed by atoms with Gasteiger partial charge in [-0.25, -0.2) is 0 Å². The van der Waals surface area contributed by atoms with Gasteiger partial charge < -0.3 is 0 Å². The first-order valence-corrected chi connectivity index (χ1v) is 16.2. The first-order chi connectivity index (χ1) is 19.7. The van der Waals surface area contributed by atoms with Crippen molar-refractivity contribution in [3.05, 3.63) is 158 Å². The lowest BCUT2D eigenvalue weighted by atomic mass is 9.95. The Balaban J connectivity index is 1.36. The predicted octanol–water partition coefficient (Wildman–Crippen LogP) is 8.48. The fourth-order valence-electron chi connectivity index (χ4n) is 5.64. The minimum atomic E-state index is -2.19. The van der Waals surface area contributed by atoms with Gasteiger partial charge in [0, 0.05) is 28.7 Å². The van der Waals surface area contributed by atoms with Crippen molar-refractivity contribution in [1.82, 2.24) is 4.98 Å². The summed E-state index contributed by atoms with van der Waals surface area (Å²) >= 11 is 6.55. The first kappa shape index (κ1) is 24.7. The van der Waals surface area contributed by atoms with E-state index >= 15 is 0 Å². The van der Waals surface area contributed by atoms with Crippen molar-refractivity contribution < 1.29 is 0 Å². The van der Waals surface area contributed by atoms with E-state index in [-0.39, 0.29) is 0 Å². The average Bonchev–Trinajstić information content (AvgIpc) is 3.04. The van der Waals surface area contributed by atoms with E-state index in [0.717, 1.165) is 27.8 Å². The predicted molar refractivity (Wildman–Crippen MR) is 176 cm³/mol. The van der Waals surface area contributed by atoms with E-state index in [2.05, 4.69) is 152 Å². The number of rotatable bonds is 5. The molecule has 0 saturated heterocycles. The summed E-state index contributed by atoms with van der Waals surface area (Å²) in [6.07, 6.45) is 2.03. The number of nitrogens with zero attached hydrogens (tertiary/aromatic N) is 1. The van der Waals surface area contributed by atoms with Gasteiger partial charge in [-0.15, -0.1) is 0 Å². The van der Waals surface area contributed by atoms with Gasteiger partial charge in [-0.05, 0) is 37.6 Å². The second kappa shape index (κ2) is 10.3. The quantitative estimate of drug-likeness (QED) is 0.201. The van der Waals surface area contributed by atoms with Crippen LogP contribution in [0.3, 0.4) is 0 Å². The van der Waals surface area contributed by atoms with Gasteiger partial charge in [-0.3, -0.25) is 4.98 Å². The second-order valence-corrected chi connectivity index (χ2v) is 14.3. The summed E-state index contributed by atoms with van der Waals surface area (Å²) in [6, 6.07) is 51.4. The molecule has 1 nitrogen and oxygen atoms in total. The van der Waals surface area contributed by atoms with Crippen LogP contribution in [0.2, 0.25) is 0 Å². The molecule has 190 valence electrons. The Bertz CT molecular complexity index is 1970. The summed E-state index contributed by atoms with van der Waals surface area (Å²) in [5, 5.41) is 8.38. The SMILES string of the molecule is S=P(c1ccccc1)(c1ccccc1)c1ccc(-c2cnc(-c3cccc4ccccc34)c3ccccc23)cc1. The Kier molecular flexibility index (Phi) is 6.36. The summed E-state index contributed by atoms with van der Waals surface area (Å²) in [5.74, 6) is 0. The lowest BCUT2D eigenvalue weighted by molar-refractivity contribution is 1.36. The van der Waals surface area contributed by atoms with E-state index in [1.54, 1.807) is 0 Å². The van der Waals surface area contributed by atoms with E-state index < -0.39 is 6.04 Å². The van der Waals surface area contributed by atoms with Crippen LogP contribution in [0.15, 0.2) is 158 Å². The number of fused-ring (bicyclic) bond motifs is 2. The summed E-state index contributed by atoms with van der Waals surface area (Å²) in [6.45, 7) is 0. The minimum absolute atomic E-state index is 1.01. The Morgan fingerprint density at radius 2 is 0.950 bits per heavy atom. The molecule has 0 bridgehead atoms. The van der Waals surface area contributed by atoms with E-state index in [9.17, 15) is 0 Å². The van der Waals surface area contributed by atoms with Gasteiger partial charge in [0.1, 0.15) is 0 Å². The van der Waals surface area contributed by atoms with Crippen molar-refractivity contribution in [2.24, 2.45) is 0 Å². The highest BCUT2D eigenvalue weighted by atomic mass is 32.4. The molecule has 0 saturated carbocycles. The molecule has 1 aromatic heterocycles. The third kappa shape index (κ3) is 4.18. The second-order valence-electron chi connectivity index (χ2n) is 9.92. The van der Waals surface area contributed by atoms with Crippen LogP contribution < -0.4 is 15.9 Å². The molecule has 0 aliphatic heterocycles. The van der Waals surface area contributed by atoms with E-state index in [4.69, 9.17) is 16.8 Å².